The van der Waals surface area contributed by atoms with Crippen LogP contribution in [0, 0.1) is 5.82 Å². The molecule has 0 aliphatic carbocycles. The van der Waals surface area contributed by atoms with Crippen LogP contribution < -0.4 is 4.90 Å². The van der Waals surface area contributed by atoms with Crippen LogP contribution in [-0.4, -0.2) is 42.8 Å². The molecule has 0 atom stereocenters. The van der Waals surface area contributed by atoms with Crippen LogP contribution in [0.25, 0.3) is 0 Å². The van der Waals surface area contributed by atoms with Gasteiger partial charge in [-0.3, -0.25) is 9.59 Å². The molecule has 1 fully saturated rings. The Bertz CT molecular complexity index is 787. The lowest BCUT2D eigenvalue weighted by molar-refractivity contribution is -0.131. The van der Waals surface area contributed by atoms with Crippen molar-refractivity contribution >= 4 is 29.0 Å². The molecule has 0 N–H and O–H groups in total. The molecule has 0 bridgehead atoms. The molecule has 26 heavy (non-hydrogen) atoms. The summed E-state index contributed by atoms with van der Waals surface area (Å²) in [4.78, 5) is 28.5. The second-order valence-corrected chi connectivity index (χ2v) is 6.65. The van der Waals surface area contributed by atoms with E-state index in [1.165, 1.54) is 12.1 Å². The van der Waals surface area contributed by atoms with Crippen LogP contribution in [-0.2, 0) is 4.79 Å². The fourth-order valence-electron chi connectivity index (χ4n) is 3.07. The number of amides is 1. The van der Waals surface area contributed by atoms with Crippen molar-refractivity contribution in [2.75, 3.05) is 31.1 Å². The van der Waals surface area contributed by atoms with Crippen LogP contribution in [0.3, 0.4) is 0 Å². The predicted octanol–water partition coefficient (Wildman–Crippen LogP) is 3.79. The smallest absolute Gasteiger partial charge is 0.223 e. The normalized spacial score (nSPS) is 14.4. The number of carbonyl (C=O) groups is 2. The van der Waals surface area contributed by atoms with E-state index in [4.69, 9.17) is 11.6 Å². The summed E-state index contributed by atoms with van der Waals surface area (Å²) in [5.41, 5.74) is 1.41. The molecule has 0 radical (unpaired) electrons. The number of piperazine rings is 1. The highest BCUT2D eigenvalue weighted by atomic mass is 35.5. The number of rotatable bonds is 5. The van der Waals surface area contributed by atoms with Crippen LogP contribution in [0.5, 0.6) is 0 Å². The highest BCUT2D eigenvalue weighted by molar-refractivity contribution is 6.34. The van der Waals surface area contributed by atoms with Crippen molar-refractivity contribution in [1.82, 2.24) is 4.90 Å². The van der Waals surface area contributed by atoms with E-state index in [1.54, 1.807) is 41.3 Å². The molecule has 1 aliphatic rings. The molecule has 1 saturated heterocycles. The number of hydrogen-bond acceptors (Lipinski definition) is 3. The van der Waals surface area contributed by atoms with E-state index < -0.39 is 0 Å². The molecule has 2 aromatic rings. The van der Waals surface area contributed by atoms with Gasteiger partial charge in [0.1, 0.15) is 5.82 Å². The molecule has 0 aromatic heterocycles. The van der Waals surface area contributed by atoms with Gasteiger partial charge in [0.05, 0.1) is 5.02 Å². The van der Waals surface area contributed by atoms with Crippen LogP contribution in [0.2, 0.25) is 5.02 Å². The SMILES string of the molecule is O=C(CCC(=O)N1CCN(c2ccc(F)cc2)CC1)c1ccccc1Cl. The second-order valence-electron chi connectivity index (χ2n) is 6.25. The van der Waals surface area contributed by atoms with Crippen molar-refractivity contribution in [3.8, 4) is 0 Å². The van der Waals surface area contributed by atoms with E-state index in [-0.39, 0.29) is 30.3 Å². The Morgan fingerprint density at radius 1 is 0.923 bits per heavy atom. The third kappa shape index (κ3) is 4.41. The van der Waals surface area contributed by atoms with Crippen molar-refractivity contribution in [2.45, 2.75) is 12.8 Å². The highest BCUT2D eigenvalue weighted by Crippen LogP contribution is 2.19. The quantitative estimate of drug-likeness (QED) is 0.747. The van der Waals surface area contributed by atoms with Crippen molar-refractivity contribution in [3.05, 3.63) is 64.9 Å². The lowest BCUT2D eigenvalue weighted by Crippen LogP contribution is -2.48. The van der Waals surface area contributed by atoms with Gasteiger partial charge in [-0.05, 0) is 36.4 Å². The van der Waals surface area contributed by atoms with E-state index in [1.807, 2.05) is 0 Å². The number of hydrogen-bond donors (Lipinski definition) is 0. The van der Waals surface area contributed by atoms with Crippen LogP contribution in [0.4, 0.5) is 10.1 Å². The number of anilines is 1. The van der Waals surface area contributed by atoms with Crippen molar-refractivity contribution in [3.63, 3.8) is 0 Å². The summed E-state index contributed by atoms with van der Waals surface area (Å²) in [6.45, 7) is 2.57. The Morgan fingerprint density at radius 2 is 1.58 bits per heavy atom. The summed E-state index contributed by atoms with van der Waals surface area (Å²) in [6.07, 6.45) is 0.335. The summed E-state index contributed by atoms with van der Waals surface area (Å²) >= 11 is 6.02. The first-order valence-corrected chi connectivity index (χ1v) is 8.98. The fraction of sp³-hybridized carbons (Fsp3) is 0.300. The molecule has 1 aliphatic heterocycles. The average Bonchev–Trinajstić information content (AvgIpc) is 2.67. The average molecular weight is 375 g/mol. The zero-order valence-corrected chi connectivity index (χ0v) is 15.1. The van der Waals surface area contributed by atoms with E-state index >= 15 is 0 Å². The van der Waals surface area contributed by atoms with Gasteiger partial charge in [-0.1, -0.05) is 23.7 Å². The maximum Gasteiger partial charge on any atom is 0.223 e. The lowest BCUT2D eigenvalue weighted by atomic mass is 10.1. The minimum Gasteiger partial charge on any atom is -0.368 e. The molecule has 2 aromatic carbocycles. The zero-order valence-electron chi connectivity index (χ0n) is 14.3. The van der Waals surface area contributed by atoms with Gasteiger partial charge < -0.3 is 9.80 Å². The summed E-state index contributed by atoms with van der Waals surface area (Å²) < 4.78 is 13.0. The van der Waals surface area contributed by atoms with Gasteiger partial charge in [0.2, 0.25) is 5.91 Å². The molecule has 1 heterocycles. The number of ketones is 1. The second kappa shape index (κ2) is 8.32. The maximum atomic E-state index is 13.0. The van der Waals surface area contributed by atoms with Gasteiger partial charge in [-0.25, -0.2) is 4.39 Å². The van der Waals surface area contributed by atoms with Crippen molar-refractivity contribution < 1.29 is 14.0 Å². The van der Waals surface area contributed by atoms with Crippen molar-refractivity contribution in [1.29, 1.82) is 0 Å². The molecule has 6 heteroatoms. The monoisotopic (exact) mass is 374 g/mol. The van der Waals surface area contributed by atoms with Crippen LogP contribution >= 0.6 is 11.6 Å². The van der Waals surface area contributed by atoms with Crippen LogP contribution in [0.15, 0.2) is 48.5 Å². The van der Waals surface area contributed by atoms with Gasteiger partial charge in [0.15, 0.2) is 5.78 Å². The summed E-state index contributed by atoms with van der Waals surface area (Å²) in [5, 5.41) is 0.415. The van der Waals surface area contributed by atoms with Gasteiger partial charge in [0.25, 0.3) is 0 Å². The summed E-state index contributed by atoms with van der Waals surface area (Å²) in [7, 11) is 0. The van der Waals surface area contributed by atoms with Gasteiger partial charge in [-0.2, -0.15) is 0 Å². The van der Waals surface area contributed by atoms with E-state index in [0.717, 1.165) is 5.69 Å². The Hall–Kier alpha value is -2.40. The van der Waals surface area contributed by atoms with Gasteiger partial charge in [-0.15, -0.1) is 0 Å². The molecule has 0 spiro atoms. The Balaban J connectivity index is 1.48. The van der Waals surface area contributed by atoms with E-state index in [0.29, 0.717) is 36.8 Å². The molecule has 3 rings (SSSR count). The molecule has 4 nitrogen and oxygen atoms in total. The Kier molecular flexibility index (Phi) is 5.89. The number of benzene rings is 2. The van der Waals surface area contributed by atoms with E-state index in [9.17, 15) is 14.0 Å². The lowest BCUT2D eigenvalue weighted by Gasteiger charge is -2.36. The number of nitrogens with zero attached hydrogens (tertiary/aromatic N) is 2. The van der Waals surface area contributed by atoms with Gasteiger partial charge in [0, 0.05) is 50.3 Å². The zero-order chi connectivity index (χ0) is 18.5. The minimum absolute atomic E-state index is 0.0239. The first-order chi connectivity index (χ1) is 12.5. The summed E-state index contributed by atoms with van der Waals surface area (Å²) in [5.74, 6) is -0.399. The highest BCUT2D eigenvalue weighted by Gasteiger charge is 2.22. The van der Waals surface area contributed by atoms with Crippen LogP contribution in [0.1, 0.15) is 23.2 Å². The minimum atomic E-state index is -0.259. The molecular weight excluding hydrogens is 355 g/mol. The largest absolute Gasteiger partial charge is 0.368 e. The molecule has 0 unspecified atom stereocenters. The number of halogens is 2. The van der Waals surface area contributed by atoms with E-state index in [2.05, 4.69) is 4.90 Å². The topological polar surface area (TPSA) is 40.6 Å². The standard InChI is InChI=1S/C20H20ClFN2O2/c21-18-4-2-1-3-17(18)19(25)9-10-20(26)24-13-11-23(12-14-24)16-7-5-15(22)6-8-16/h1-8H,9-14H2. The van der Waals surface area contributed by atoms with Crippen molar-refractivity contribution in [2.24, 2.45) is 0 Å². The third-order valence-corrected chi connectivity index (χ3v) is 4.89. The number of Topliss-reactive ketones (excluding diaryl/α,β-unsaturated/α-hetero) is 1. The first kappa shape index (κ1) is 18.4. The number of carbonyl (C=O) groups excluding carboxylic acids is 2. The molecule has 0 saturated carbocycles. The fourth-order valence-corrected chi connectivity index (χ4v) is 3.31. The maximum absolute atomic E-state index is 13.0. The van der Waals surface area contributed by atoms with Gasteiger partial charge >= 0.3 is 0 Å². The predicted molar refractivity (Wildman–Crippen MR) is 100 cm³/mol. The summed E-state index contributed by atoms with van der Waals surface area (Å²) in [6, 6.07) is 13.2. The third-order valence-electron chi connectivity index (χ3n) is 4.56. The molecule has 136 valence electrons. The molecular formula is C20H20ClFN2O2. The Morgan fingerprint density at radius 3 is 2.23 bits per heavy atom. The molecule has 1 amide bonds. The Labute approximate surface area is 157 Å². The first-order valence-electron chi connectivity index (χ1n) is 8.60.